The monoisotopic (exact) mass is 309 g/mol. The van der Waals surface area contributed by atoms with Crippen LogP contribution in [0.25, 0.3) is 0 Å². The number of nitrogens with one attached hydrogen (secondary N) is 1. The number of carbonyl (C=O) groups is 3. The van der Waals surface area contributed by atoms with Gasteiger partial charge in [0.2, 0.25) is 5.91 Å². The average molecular weight is 309 g/mol. The van der Waals surface area contributed by atoms with Crippen molar-refractivity contribution in [2.45, 2.75) is 31.8 Å². The zero-order chi connectivity index (χ0) is 16.1. The molecule has 2 amide bonds. The van der Waals surface area contributed by atoms with Crippen LogP contribution in [-0.4, -0.2) is 46.3 Å². The number of nitrogens with zero attached hydrogens (tertiary/aromatic N) is 2. The Balaban J connectivity index is 2.00. The molecule has 2 atom stereocenters. The summed E-state index contributed by atoms with van der Waals surface area (Å²) in [5.74, 6) is -1.96. The number of hydrogen-bond acceptors (Lipinski definition) is 5. The fraction of sp³-hybridized carbons (Fsp3) is 0.429. The van der Waals surface area contributed by atoms with Crippen LogP contribution in [0.2, 0.25) is 0 Å². The number of aromatic nitrogens is 1. The first-order valence-electron chi connectivity index (χ1n) is 6.88. The molecule has 0 unspecified atom stereocenters. The Bertz CT molecular complexity index is 566. The summed E-state index contributed by atoms with van der Waals surface area (Å²) in [7, 11) is 0. The maximum atomic E-state index is 12.3. The van der Waals surface area contributed by atoms with Crippen LogP contribution in [0.5, 0.6) is 0 Å². The first kappa shape index (κ1) is 15.9. The molecular weight excluding hydrogens is 293 g/mol. The first-order chi connectivity index (χ1) is 10.5. The second-order valence-electron chi connectivity index (χ2n) is 5.02. The fourth-order valence-electron chi connectivity index (χ4n) is 2.42. The largest absolute Gasteiger partial charge is 0.371 e. The second kappa shape index (κ2) is 6.97. The van der Waals surface area contributed by atoms with E-state index < -0.39 is 29.9 Å². The number of pyridine rings is 1. The van der Waals surface area contributed by atoms with Crippen molar-refractivity contribution in [3.8, 4) is 0 Å². The molecule has 0 saturated carbocycles. The van der Waals surface area contributed by atoms with E-state index in [1.807, 2.05) is 0 Å². The highest BCUT2D eigenvalue weighted by Crippen LogP contribution is 2.19. The first-order valence-corrected chi connectivity index (χ1v) is 6.88. The second-order valence-corrected chi connectivity index (χ2v) is 5.02. The molecular formula is C14H16FN3O4. The van der Waals surface area contributed by atoms with Gasteiger partial charge in [-0.1, -0.05) is 0 Å². The van der Waals surface area contributed by atoms with Crippen molar-refractivity contribution in [3.05, 3.63) is 30.1 Å². The molecule has 1 N–H and O–H groups in total. The molecule has 1 saturated heterocycles. The molecule has 1 aromatic heterocycles. The van der Waals surface area contributed by atoms with Crippen LogP contribution in [0.4, 0.5) is 4.53 Å². The molecule has 2 rings (SSSR count). The van der Waals surface area contributed by atoms with Gasteiger partial charge < -0.3 is 10.2 Å². The van der Waals surface area contributed by atoms with Crippen LogP contribution in [0, 0.1) is 0 Å². The zero-order valence-electron chi connectivity index (χ0n) is 12.0. The molecule has 22 heavy (non-hydrogen) atoms. The lowest BCUT2D eigenvalue weighted by molar-refractivity contribution is -0.190. The van der Waals surface area contributed by atoms with Gasteiger partial charge in [-0.25, -0.2) is 4.79 Å². The third-order valence-corrected chi connectivity index (χ3v) is 3.54. The SMILES string of the molecule is C[C@@H](NC(=O)c1ccncc1)C(=O)N1CCC[C@H]1C(=O)OF. The van der Waals surface area contributed by atoms with Gasteiger partial charge in [-0.05, 0) is 31.9 Å². The summed E-state index contributed by atoms with van der Waals surface area (Å²) >= 11 is 0. The molecule has 1 aliphatic rings. The minimum absolute atomic E-state index is 0.327. The third kappa shape index (κ3) is 3.38. The Hall–Kier alpha value is -2.51. The number of likely N-dealkylation sites (tertiary alicyclic amines) is 1. The molecule has 1 aromatic rings. The Morgan fingerprint density at radius 1 is 1.41 bits per heavy atom. The summed E-state index contributed by atoms with van der Waals surface area (Å²) in [6.45, 7) is 1.84. The van der Waals surface area contributed by atoms with Crippen LogP contribution in [-0.2, 0) is 14.5 Å². The zero-order valence-corrected chi connectivity index (χ0v) is 12.0. The van der Waals surface area contributed by atoms with Gasteiger partial charge in [-0.2, -0.15) is 0 Å². The highest BCUT2D eigenvalue weighted by Gasteiger charge is 2.37. The Kier molecular flexibility index (Phi) is 5.03. The third-order valence-electron chi connectivity index (χ3n) is 3.54. The number of rotatable bonds is 4. The summed E-state index contributed by atoms with van der Waals surface area (Å²) in [5.41, 5.74) is 0.371. The van der Waals surface area contributed by atoms with Gasteiger partial charge in [-0.15, -0.1) is 0 Å². The highest BCUT2D eigenvalue weighted by atomic mass is 19.3. The van der Waals surface area contributed by atoms with Gasteiger partial charge in [0.15, 0.2) is 0 Å². The number of hydrogen-bond donors (Lipinski definition) is 1. The van der Waals surface area contributed by atoms with E-state index in [0.29, 0.717) is 24.9 Å². The van der Waals surface area contributed by atoms with Gasteiger partial charge in [0.1, 0.15) is 12.1 Å². The minimum atomic E-state index is -1.08. The molecule has 118 valence electrons. The maximum Gasteiger partial charge on any atom is 0.371 e. The molecule has 1 aliphatic heterocycles. The molecule has 0 spiro atoms. The van der Waals surface area contributed by atoms with Crippen molar-refractivity contribution in [1.29, 1.82) is 0 Å². The van der Waals surface area contributed by atoms with Crippen LogP contribution < -0.4 is 5.32 Å². The van der Waals surface area contributed by atoms with Crippen molar-refractivity contribution in [2.24, 2.45) is 0 Å². The van der Waals surface area contributed by atoms with Crippen LogP contribution in [0.15, 0.2) is 24.5 Å². The smallest absolute Gasteiger partial charge is 0.341 e. The summed E-state index contributed by atoms with van der Waals surface area (Å²) < 4.78 is 12.0. The number of carbonyl (C=O) groups excluding carboxylic acids is 3. The van der Waals surface area contributed by atoms with E-state index >= 15 is 0 Å². The predicted molar refractivity (Wildman–Crippen MR) is 73.1 cm³/mol. The van der Waals surface area contributed by atoms with Gasteiger partial charge in [0, 0.05) is 29.0 Å². The van der Waals surface area contributed by atoms with E-state index in [4.69, 9.17) is 0 Å². The van der Waals surface area contributed by atoms with Crippen LogP contribution in [0.3, 0.4) is 0 Å². The van der Waals surface area contributed by atoms with Crippen molar-refractivity contribution < 1.29 is 23.9 Å². The normalized spacial score (nSPS) is 18.6. The Morgan fingerprint density at radius 2 is 2.09 bits per heavy atom. The molecule has 1 fully saturated rings. The van der Waals surface area contributed by atoms with E-state index in [9.17, 15) is 18.9 Å². The highest BCUT2D eigenvalue weighted by molar-refractivity contribution is 5.98. The maximum absolute atomic E-state index is 12.3. The standard InChI is InChI=1S/C14H16FN3O4/c1-9(17-12(19)10-4-6-16-7-5-10)13(20)18-8-2-3-11(18)14(21)22-15/h4-7,9,11H,2-3,8H2,1H3,(H,17,19)/t9-,11+/m1/s1. The lowest BCUT2D eigenvalue weighted by Crippen LogP contribution is -2.50. The van der Waals surface area contributed by atoms with Gasteiger partial charge in [0.05, 0.1) is 0 Å². The average Bonchev–Trinajstić information content (AvgIpc) is 3.03. The van der Waals surface area contributed by atoms with Crippen LogP contribution >= 0.6 is 0 Å². The van der Waals surface area contributed by atoms with Crippen molar-refractivity contribution in [3.63, 3.8) is 0 Å². The Labute approximate surface area is 126 Å². The lowest BCUT2D eigenvalue weighted by Gasteiger charge is -2.25. The van der Waals surface area contributed by atoms with Crippen molar-refractivity contribution >= 4 is 17.8 Å². The van der Waals surface area contributed by atoms with E-state index in [1.165, 1.54) is 36.4 Å². The van der Waals surface area contributed by atoms with Gasteiger partial charge in [-0.3, -0.25) is 19.5 Å². The summed E-state index contributed by atoms with van der Waals surface area (Å²) in [6, 6.07) is 1.27. The Morgan fingerprint density at radius 3 is 2.73 bits per heavy atom. The molecule has 8 heteroatoms. The molecule has 0 aliphatic carbocycles. The summed E-state index contributed by atoms with van der Waals surface area (Å²) in [5, 5.41) is 2.55. The molecule has 0 bridgehead atoms. The predicted octanol–water partition coefficient (Wildman–Crippen LogP) is 0.619. The summed E-state index contributed by atoms with van der Waals surface area (Å²) in [4.78, 5) is 43.9. The van der Waals surface area contributed by atoms with Crippen molar-refractivity contribution in [2.75, 3.05) is 6.54 Å². The fourth-order valence-corrected chi connectivity index (χ4v) is 2.42. The number of amides is 2. The molecule has 2 heterocycles. The molecule has 7 nitrogen and oxygen atoms in total. The lowest BCUT2D eigenvalue weighted by atomic mass is 10.2. The number of halogens is 1. The molecule has 0 radical (unpaired) electrons. The van der Waals surface area contributed by atoms with Gasteiger partial charge in [0.25, 0.3) is 5.91 Å². The van der Waals surface area contributed by atoms with E-state index in [-0.39, 0.29) is 0 Å². The van der Waals surface area contributed by atoms with E-state index in [1.54, 1.807) is 0 Å². The van der Waals surface area contributed by atoms with E-state index in [2.05, 4.69) is 15.2 Å². The quantitative estimate of drug-likeness (QED) is 0.880. The van der Waals surface area contributed by atoms with Crippen LogP contribution in [0.1, 0.15) is 30.1 Å². The minimum Gasteiger partial charge on any atom is -0.341 e. The van der Waals surface area contributed by atoms with Gasteiger partial charge >= 0.3 is 5.97 Å². The molecule has 0 aromatic carbocycles. The van der Waals surface area contributed by atoms with E-state index in [0.717, 1.165) is 0 Å². The van der Waals surface area contributed by atoms with Crippen molar-refractivity contribution in [1.82, 2.24) is 15.2 Å². The summed E-state index contributed by atoms with van der Waals surface area (Å²) in [6.07, 6.45) is 3.86. The topological polar surface area (TPSA) is 88.6 Å².